The monoisotopic (exact) mass is 515 g/mol. The number of methoxy groups -OCH3 is 2. The lowest BCUT2D eigenvalue weighted by Crippen LogP contribution is -2.17. The molecule has 1 N–H and O–H groups in total. The first-order chi connectivity index (χ1) is 17.2. The molecule has 0 bridgehead atoms. The number of carbonyl (C=O) groups excluding carboxylic acids is 1. The number of para-hydroxylation sites is 2. The molecule has 11 nitrogen and oxygen atoms in total. The Kier molecular flexibility index (Phi) is 9.12. The number of non-ortho nitro benzene ring substituents is 1. The second kappa shape index (κ2) is 12.2. The number of carbonyl (C=O) groups is 1. The average molecular weight is 516 g/mol. The topological polar surface area (TPSA) is 131 Å². The van der Waals surface area contributed by atoms with Crippen LogP contribution < -0.4 is 19.5 Å². The van der Waals surface area contributed by atoms with Crippen molar-refractivity contribution in [2.24, 2.45) is 5.92 Å². The average Bonchev–Trinajstić information content (AvgIpc) is 3.24. The second-order valence-electron chi connectivity index (χ2n) is 8.23. The van der Waals surface area contributed by atoms with Crippen LogP contribution in [0.15, 0.2) is 47.6 Å². The van der Waals surface area contributed by atoms with Gasteiger partial charge in [0, 0.05) is 18.7 Å². The number of anilines is 1. The SMILES string of the molecule is COc1ccc([N+](=O)[O-])cc1NC(=O)CSc1nnc(C(C)Oc2ccccc2OC)n1CC(C)C. The molecule has 1 amide bonds. The van der Waals surface area contributed by atoms with Crippen LogP contribution in [0.25, 0.3) is 0 Å². The Hall–Kier alpha value is -3.80. The summed E-state index contributed by atoms with van der Waals surface area (Å²) < 4.78 is 18.6. The third kappa shape index (κ3) is 6.66. The van der Waals surface area contributed by atoms with E-state index in [4.69, 9.17) is 14.2 Å². The molecule has 0 saturated heterocycles. The maximum Gasteiger partial charge on any atom is 0.271 e. The molecule has 0 aliphatic carbocycles. The van der Waals surface area contributed by atoms with E-state index in [9.17, 15) is 14.9 Å². The van der Waals surface area contributed by atoms with Crippen LogP contribution in [0.2, 0.25) is 0 Å². The van der Waals surface area contributed by atoms with Crippen molar-refractivity contribution >= 4 is 29.0 Å². The summed E-state index contributed by atoms with van der Waals surface area (Å²) in [6, 6.07) is 11.4. The fraction of sp³-hybridized carbons (Fsp3) is 0.375. The Morgan fingerprint density at radius 3 is 2.42 bits per heavy atom. The molecule has 1 unspecified atom stereocenters. The van der Waals surface area contributed by atoms with Crippen LogP contribution in [-0.4, -0.2) is 45.6 Å². The molecular weight excluding hydrogens is 486 g/mol. The number of aromatic nitrogens is 3. The van der Waals surface area contributed by atoms with E-state index in [-0.39, 0.29) is 23.0 Å². The summed E-state index contributed by atoms with van der Waals surface area (Å²) in [5.41, 5.74) is 0.0737. The van der Waals surface area contributed by atoms with Gasteiger partial charge in [-0.25, -0.2) is 0 Å². The predicted molar refractivity (Wildman–Crippen MR) is 136 cm³/mol. The highest BCUT2D eigenvalue weighted by Gasteiger charge is 2.22. The van der Waals surface area contributed by atoms with Crippen LogP contribution in [0.3, 0.4) is 0 Å². The van der Waals surface area contributed by atoms with Gasteiger partial charge in [0.1, 0.15) is 5.75 Å². The number of nitrogens with one attached hydrogen (secondary N) is 1. The Morgan fingerprint density at radius 1 is 1.08 bits per heavy atom. The van der Waals surface area contributed by atoms with Crippen molar-refractivity contribution in [2.45, 2.75) is 38.6 Å². The van der Waals surface area contributed by atoms with Gasteiger partial charge in [-0.2, -0.15) is 0 Å². The molecule has 0 fully saturated rings. The maximum absolute atomic E-state index is 12.7. The van der Waals surface area contributed by atoms with Crippen molar-refractivity contribution in [3.05, 3.63) is 58.4 Å². The Morgan fingerprint density at radius 2 is 1.78 bits per heavy atom. The van der Waals surface area contributed by atoms with Gasteiger partial charge in [0.25, 0.3) is 5.69 Å². The first-order valence-corrected chi connectivity index (χ1v) is 12.2. The van der Waals surface area contributed by atoms with Crippen molar-refractivity contribution in [1.82, 2.24) is 14.8 Å². The third-order valence-electron chi connectivity index (χ3n) is 5.03. The van der Waals surface area contributed by atoms with Gasteiger partial charge in [0.15, 0.2) is 28.6 Å². The largest absolute Gasteiger partial charge is 0.495 e. The molecule has 0 aliphatic heterocycles. The molecule has 0 aliphatic rings. The van der Waals surface area contributed by atoms with Gasteiger partial charge in [-0.1, -0.05) is 37.7 Å². The number of hydrogen-bond acceptors (Lipinski definition) is 9. The van der Waals surface area contributed by atoms with E-state index >= 15 is 0 Å². The number of benzene rings is 2. The second-order valence-corrected chi connectivity index (χ2v) is 9.18. The molecule has 0 saturated carbocycles. The lowest BCUT2D eigenvalue weighted by atomic mass is 10.2. The van der Waals surface area contributed by atoms with Crippen LogP contribution in [0.1, 0.15) is 32.7 Å². The summed E-state index contributed by atoms with van der Waals surface area (Å²) in [6.45, 7) is 6.66. The number of thioether (sulfide) groups is 1. The first-order valence-electron chi connectivity index (χ1n) is 11.2. The Bertz CT molecular complexity index is 1220. The zero-order chi connectivity index (χ0) is 26.2. The molecule has 192 valence electrons. The van der Waals surface area contributed by atoms with Crippen LogP contribution in [0.4, 0.5) is 11.4 Å². The lowest BCUT2D eigenvalue weighted by Gasteiger charge is -2.19. The molecule has 3 aromatic rings. The van der Waals surface area contributed by atoms with Crippen LogP contribution >= 0.6 is 11.8 Å². The van der Waals surface area contributed by atoms with Gasteiger partial charge in [-0.3, -0.25) is 14.9 Å². The lowest BCUT2D eigenvalue weighted by molar-refractivity contribution is -0.384. The van der Waals surface area contributed by atoms with Gasteiger partial charge in [0.2, 0.25) is 5.91 Å². The summed E-state index contributed by atoms with van der Waals surface area (Å²) in [5.74, 6) is 2.10. The van der Waals surface area contributed by atoms with Crippen molar-refractivity contribution in [1.29, 1.82) is 0 Å². The molecular formula is C24H29N5O6S. The Balaban J connectivity index is 1.75. The number of ether oxygens (including phenoxy) is 3. The third-order valence-corrected chi connectivity index (χ3v) is 6.00. The van der Waals surface area contributed by atoms with Crippen LogP contribution in [0, 0.1) is 16.0 Å². The van der Waals surface area contributed by atoms with Gasteiger partial charge in [-0.15, -0.1) is 10.2 Å². The molecule has 0 radical (unpaired) electrons. The number of nitro benzene ring substituents is 1. The highest BCUT2D eigenvalue weighted by molar-refractivity contribution is 7.99. The molecule has 1 aromatic heterocycles. The van der Waals surface area contributed by atoms with Crippen LogP contribution in [0.5, 0.6) is 17.2 Å². The van der Waals surface area contributed by atoms with Gasteiger partial charge < -0.3 is 24.1 Å². The van der Waals surface area contributed by atoms with Crippen molar-refractivity contribution < 1.29 is 23.9 Å². The molecule has 1 heterocycles. The number of hydrogen-bond donors (Lipinski definition) is 1. The van der Waals surface area contributed by atoms with E-state index in [0.29, 0.717) is 40.7 Å². The normalized spacial score (nSPS) is 11.7. The number of amides is 1. The quantitative estimate of drug-likeness (QED) is 0.207. The smallest absolute Gasteiger partial charge is 0.271 e. The fourth-order valence-electron chi connectivity index (χ4n) is 3.43. The van der Waals surface area contributed by atoms with Gasteiger partial charge in [-0.05, 0) is 31.0 Å². The molecule has 12 heteroatoms. The van der Waals surface area contributed by atoms with Crippen molar-refractivity contribution in [3.8, 4) is 17.2 Å². The summed E-state index contributed by atoms with van der Waals surface area (Å²) in [5, 5.41) is 23.0. The highest BCUT2D eigenvalue weighted by atomic mass is 32.2. The molecule has 0 spiro atoms. The minimum atomic E-state index is -0.534. The summed E-state index contributed by atoms with van der Waals surface area (Å²) in [6.07, 6.45) is -0.426. The standard InChI is InChI=1S/C24H29N5O6S/c1-15(2)13-28-23(16(3)35-21-9-7-6-8-20(21)34-5)26-27-24(28)36-14-22(30)25-18-12-17(29(31)32)10-11-19(18)33-4/h6-12,15-16H,13-14H2,1-5H3,(H,25,30). The fourth-order valence-corrected chi connectivity index (χ4v) is 4.18. The van der Waals surface area contributed by atoms with E-state index in [1.807, 2.05) is 35.8 Å². The minimum absolute atomic E-state index is 0.0177. The van der Waals surface area contributed by atoms with Crippen molar-refractivity contribution in [3.63, 3.8) is 0 Å². The van der Waals surface area contributed by atoms with E-state index in [1.165, 1.54) is 37.1 Å². The van der Waals surface area contributed by atoms with Gasteiger partial charge in [0.05, 0.1) is 30.6 Å². The van der Waals surface area contributed by atoms with Crippen LogP contribution in [-0.2, 0) is 11.3 Å². The zero-order valence-corrected chi connectivity index (χ0v) is 21.6. The first kappa shape index (κ1) is 26.8. The Labute approximate surface area is 213 Å². The predicted octanol–water partition coefficient (Wildman–Crippen LogP) is 4.73. The molecule has 3 rings (SSSR count). The summed E-state index contributed by atoms with van der Waals surface area (Å²) >= 11 is 1.21. The van der Waals surface area contributed by atoms with E-state index < -0.39 is 11.0 Å². The van der Waals surface area contributed by atoms with E-state index in [1.54, 1.807) is 7.11 Å². The van der Waals surface area contributed by atoms with E-state index in [2.05, 4.69) is 29.4 Å². The van der Waals surface area contributed by atoms with Gasteiger partial charge >= 0.3 is 0 Å². The molecule has 1 atom stereocenters. The minimum Gasteiger partial charge on any atom is -0.495 e. The van der Waals surface area contributed by atoms with E-state index in [0.717, 1.165) is 0 Å². The molecule has 36 heavy (non-hydrogen) atoms. The highest BCUT2D eigenvalue weighted by Crippen LogP contribution is 2.32. The summed E-state index contributed by atoms with van der Waals surface area (Å²) in [7, 11) is 3.01. The molecule has 2 aromatic carbocycles. The maximum atomic E-state index is 12.7. The number of rotatable bonds is 12. The zero-order valence-electron chi connectivity index (χ0n) is 20.8. The van der Waals surface area contributed by atoms with Crippen molar-refractivity contribution in [2.75, 3.05) is 25.3 Å². The summed E-state index contributed by atoms with van der Waals surface area (Å²) in [4.78, 5) is 23.2. The number of nitrogens with zero attached hydrogens (tertiary/aromatic N) is 4. The number of nitro groups is 1.